The molecule has 0 aliphatic rings. The third-order valence-corrected chi connectivity index (χ3v) is 2.53. The molecule has 0 radical (unpaired) electrons. The minimum Gasteiger partial charge on any atom is -0.506 e. The fraction of sp³-hybridized carbons (Fsp3) is 0.200. The van der Waals surface area contributed by atoms with Crippen LogP contribution in [0.3, 0.4) is 0 Å². The molecular formula is C10H9BrO4. The molecule has 80 valence electrons. The lowest BCUT2D eigenvalue weighted by Gasteiger charge is -2.08. The Morgan fingerprint density at radius 3 is 2.47 bits per heavy atom. The van der Waals surface area contributed by atoms with E-state index in [1.54, 1.807) is 6.92 Å². The zero-order valence-corrected chi connectivity index (χ0v) is 9.54. The molecule has 2 N–H and O–H groups in total. The van der Waals surface area contributed by atoms with Crippen LogP contribution in [0.5, 0.6) is 5.75 Å². The largest absolute Gasteiger partial charge is 0.506 e. The van der Waals surface area contributed by atoms with Gasteiger partial charge in [-0.1, -0.05) is 22.0 Å². The van der Waals surface area contributed by atoms with Gasteiger partial charge in [-0.25, -0.2) is 4.79 Å². The molecule has 1 aromatic carbocycles. The lowest BCUT2D eigenvalue weighted by atomic mass is 10.0. The molecule has 0 aliphatic heterocycles. The Morgan fingerprint density at radius 2 is 2.00 bits per heavy atom. The molecule has 0 saturated carbocycles. The van der Waals surface area contributed by atoms with Crippen molar-refractivity contribution >= 4 is 27.7 Å². The summed E-state index contributed by atoms with van der Waals surface area (Å²) in [5.74, 6) is -2.06. The van der Waals surface area contributed by atoms with E-state index < -0.39 is 11.7 Å². The predicted octanol–water partition coefficient (Wildman–Crippen LogP) is 1.98. The third-order valence-electron chi connectivity index (χ3n) is 2.02. The zero-order chi connectivity index (χ0) is 11.6. The van der Waals surface area contributed by atoms with E-state index in [0.717, 1.165) is 0 Å². The average molecular weight is 273 g/mol. The van der Waals surface area contributed by atoms with Crippen LogP contribution < -0.4 is 0 Å². The summed E-state index contributed by atoms with van der Waals surface area (Å²) in [6.07, 6.45) is 0. The molecule has 4 nitrogen and oxygen atoms in total. The number of hydrogen-bond donors (Lipinski definition) is 2. The molecule has 0 fully saturated rings. The summed E-state index contributed by atoms with van der Waals surface area (Å²) in [4.78, 5) is 22.1. The van der Waals surface area contributed by atoms with E-state index in [2.05, 4.69) is 15.9 Å². The molecule has 0 atom stereocenters. The number of carbonyl (C=O) groups is 2. The second kappa shape index (κ2) is 4.44. The maximum absolute atomic E-state index is 11.4. The minimum absolute atomic E-state index is 0.0461. The van der Waals surface area contributed by atoms with Gasteiger partial charge in [-0.3, -0.25) is 4.79 Å². The average Bonchev–Trinajstić information content (AvgIpc) is 2.16. The summed E-state index contributed by atoms with van der Waals surface area (Å²) in [5.41, 5.74) is 0.360. The molecule has 0 spiro atoms. The molecule has 0 aromatic heterocycles. The van der Waals surface area contributed by atoms with Gasteiger partial charge in [0.1, 0.15) is 11.3 Å². The number of carboxylic acid groups (broad SMARTS) is 1. The van der Waals surface area contributed by atoms with Crippen LogP contribution in [0.2, 0.25) is 0 Å². The molecule has 15 heavy (non-hydrogen) atoms. The lowest BCUT2D eigenvalue weighted by Crippen LogP contribution is -2.07. The van der Waals surface area contributed by atoms with Gasteiger partial charge >= 0.3 is 5.97 Å². The topological polar surface area (TPSA) is 74.6 Å². The summed E-state index contributed by atoms with van der Waals surface area (Å²) in [7, 11) is 0. The number of benzene rings is 1. The fourth-order valence-electron chi connectivity index (χ4n) is 1.28. The number of carboxylic acids is 1. The smallest absolute Gasteiger partial charge is 0.339 e. The maximum Gasteiger partial charge on any atom is 0.339 e. The quantitative estimate of drug-likeness (QED) is 0.652. The summed E-state index contributed by atoms with van der Waals surface area (Å²) in [6.45, 7) is 1.64. The fourth-order valence-corrected chi connectivity index (χ4v) is 1.56. The third kappa shape index (κ3) is 2.18. The standard InChI is InChI=1S/C10H9BrO4/c1-5-2-3-6(10(14)15)9(13)8(5)7(12)4-11/h2-3,13H,4H2,1H3,(H,14,15). The van der Waals surface area contributed by atoms with Crippen molar-refractivity contribution in [1.82, 2.24) is 0 Å². The van der Waals surface area contributed by atoms with E-state index in [9.17, 15) is 14.7 Å². The van der Waals surface area contributed by atoms with E-state index in [4.69, 9.17) is 5.11 Å². The second-order valence-corrected chi connectivity index (χ2v) is 3.58. The Morgan fingerprint density at radius 1 is 1.40 bits per heavy atom. The van der Waals surface area contributed by atoms with Crippen LogP contribution >= 0.6 is 15.9 Å². The molecule has 0 unspecified atom stereocenters. The van der Waals surface area contributed by atoms with Crippen molar-refractivity contribution in [3.05, 3.63) is 28.8 Å². The highest BCUT2D eigenvalue weighted by atomic mass is 79.9. The number of carbonyl (C=O) groups excluding carboxylic acids is 1. The first-order valence-electron chi connectivity index (χ1n) is 4.14. The van der Waals surface area contributed by atoms with Crippen LogP contribution in [-0.4, -0.2) is 27.3 Å². The summed E-state index contributed by atoms with van der Waals surface area (Å²) < 4.78 is 0. The van der Waals surface area contributed by atoms with E-state index in [0.29, 0.717) is 5.56 Å². The Balaban J connectivity index is 3.43. The van der Waals surface area contributed by atoms with Gasteiger partial charge in [-0.05, 0) is 18.6 Å². The van der Waals surface area contributed by atoms with Gasteiger partial charge in [0.2, 0.25) is 0 Å². The van der Waals surface area contributed by atoms with E-state index in [1.165, 1.54) is 12.1 Å². The van der Waals surface area contributed by atoms with Crippen molar-refractivity contribution in [1.29, 1.82) is 0 Å². The number of halogens is 1. The summed E-state index contributed by atoms with van der Waals surface area (Å²) >= 11 is 2.97. The molecule has 0 bridgehead atoms. The van der Waals surface area contributed by atoms with Crippen molar-refractivity contribution in [3.63, 3.8) is 0 Å². The van der Waals surface area contributed by atoms with Crippen molar-refractivity contribution < 1.29 is 19.8 Å². The number of alkyl halides is 1. The van der Waals surface area contributed by atoms with Crippen molar-refractivity contribution in [2.45, 2.75) is 6.92 Å². The molecular weight excluding hydrogens is 264 g/mol. The molecule has 0 aliphatic carbocycles. The Kier molecular flexibility index (Phi) is 3.47. The minimum atomic E-state index is -1.25. The first-order chi connectivity index (χ1) is 6.99. The normalized spacial score (nSPS) is 10.0. The number of ketones is 1. The summed E-state index contributed by atoms with van der Waals surface area (Å²) in [5, 5.41) is 18.4. The van der Waals surface area contributed by atoms with Gasteiger partial charge in [-0.2, -0.15) is 0 Å². The maximum atomic E-state index is 11.4. The number of Topliss-reactive ketones (excluding diaryl/α,β-unsaturated/α-hetero) is 1. The molecule has 1 rings (SSSR count). The van der Waals surface area contributed by atoms with Crippen molar-refractivity contribution in [3.8, 4) is 5.75 Å². The van der Waals surface area contributed by atoms with E-state index in [1.807, 2.05) is 0 Å². The van der Waals surface area contributed by atoms with E-state index in [-0.39, 0.29) is 22.2 Å². The van der Waals surface area contributed by atoms with Crippen LogP contribution in [0, 0.1) is 6.92 Å². The van der Waals surface area contributed by atoms with Crippen molar-refractivity contribution in [2.75, 3.05) is 5.33 Å². The first-order valence-corrected chi connectivity index (χ1v) is 5.26. The zero-order valence-electron chi connectivity index (χ0n) is 7.95. The predicted molar refractivity (Wildman–Crippen MR) is 57.9 cm³/mol. The van der Waals surface area contributed by atoms with Crippen LogP contribution in [0.25, 0.3) is 0 Å². The van der Waals surface area contributed by atoms with Gasteiger partial charge in [0.05, 0.1) is 10.9 Å². The number of aromatic carboxylic acids is 1. The SMILES string of the molecule is Cc1ccc(C(=O)O)c(O)c1C(=O)CBr. The highest BCUT2D eigenvalue weighted by Gasteiger charge is 2.19. The van der Waals surface area contributed by atoms with Crippen LogP contribution in [0.4, 0.5) is 0 Å². The molecule has 0 heterocycles. The van der Waals surface area contributed by atoms with Crippen molar-refractivity contribution in [2.24, 2.45) is 0 Å². The monoisotopic (exact) mass is 272 g/mol. The summed E-state index contributed by atoms with van der Waals surface area (Å²) in [6, 6.07) is 2.77. The van der Waals surface area contributed by atoms with Gasteiger partial charge in [-0.15, -0.1) is 0 Å². The second-order valence-electron chi connectivity index (χ2n) is 3.02. The Labute approximate surface area is 94.7 Å². The van der Waals surface area contributed by atoms with Crippen LogP contribution in [0.1, 0.15) is 26.3 Å². The Hall–Kier alpha value is -1.36. The molecule has 5 heteroatoms. The molecule has 0 saturated heterocycles. The first kappa shape index (κ1) is 11.7. The van der Waals surface area contributed by atoms with Crippen LogP contribution in [0.15, 0.2) is 12.1 Å². The van der Waals surface area contributed by atoms with Gasteiger partial charge in [0.25, 0.3) is 0 Å². The number of rotatable bonds is 3. The highest BCUT2D eigenvalue weighted by molar-refractivity contribution is 9.09. The molecule has 0 amide bonds. The number of aryl methyl sites for hydroxylation is 1. The molecule has 1 aromatic rings. The van der Waals surface area contributed by atoms with Crippen LogP contribution in [-0.2, 0) is 0 Å². The number of aromatic hydroxyl groups is 1. The van der Waals surface area contributed by atoms with Gasteiger partial charge < -0.3 is 10.2 Å². The highest BCUT2D eigenvalue weighted by Crippen LogP contribution is 2.26. The number of phenols is 1. The Bertz CT molecular complexity index is 426. The van der Waals surface area contributed by atoms with Gasteiger partial charge in [0, 0.05) is 0 Å². The number of hydrogen-bond acceptors (Lipinski definition) is 3. The lowest BCUT2D eigenvalue weighted by molar-refractivity contribution is 0.0693. The van der Waals surface area contributed by atoms with E-state index >= 15 is 0 Å². The van der Waals surface area contributed by atoms with Gasteiger partial charge in [0.15, 0.2) is 5.78 Å².